The lowest BCUT2D eigenvalue weighted by Gasteiger charge is -2.17. The summed E-state index contributed by atoms with van der Waals surface area (Å²) in [4.78, 5) is 14.8. The first-order chi connectivity index (χ1) is 15.0. The summed E-state index contributed by atoms with van der Waals surface area (Å²) in [5.41, 5.74) is 5.10. The van der Waals surface area contributed by atoms with Gasteiger partial charge in [0.15, 0.2) is 0 Å². The molecular weight excluding hydrogens is 388 g/mol. The number of carbonyl (C=O) groups is 1. The molecule has 1 N–H and O–H groups in total. The van der Waals surface area contributed by atoms with E-state index >= 15 is 0 Å². The normalized spacial score (nSPS) is 10.7. The Kier molecular flexibility index (Phi) is 5.80. The molecule has 0 spiro atoms. The van der Waals surface area contributed by atoms with E-state index in [1.807, 2.05) is 74.6 Å². The van der Waals surface area contributed by atoms with E-state index in [1.165, 1.54) is 0 Å². The van der Waals surface area contributed by atoms with Crippen molar-refractivity contribution in [1.29, 1.82) is 0 Å². The molecule has 0 saturated heterocycles. The van der Waals surface area contributed by atoms with Crippen LogP contribution in [0.3, 0.4) is 0 Å². The number of hydrogen-bond donors (Lipinski definition) is 1. The van der Waals surface area contributed by atoms with Crippen molar-refractivity contribution in [2.75, 3.05) is 23.8 Å². The average Bonchev–Trinajstić information content (AvgIpc) is 3.29. The number of nitrogens with zero attached hydrogens (tertiary/aromatic N) is 3. The zero-order valence-electron chi connectivity index (χ0n) is 17.8. The van der Waals surface area contributed by atoms with Crippen LogP contribution in [0, 0.1) is 6.92 Å². The number of amides is 1. The lowest BCUT2D eigenvalue weighted by atomic mass is 10.1. The van der Waals surface area contributed by atoms with Crippen molar-refractivity contribution in [3.05, 3.63) is 83.9 Å². The monoisotopic (exact) mass is 412 g/mol. The number of nitrogens with one attached hydrogen (secondary N) is 1. The van der Waals surface area contributed by atoms with Gasteiger partial charge in [-0.3, -0.25) is 4.79 Å². The minimum Gasteiger partial charge on any atom is -0.416 e. The fourth-order valence-electron chi connectivity index (χ4n) is 3.23. The third-order valence-electron chi connectivity index (χ3n) is 5.21. The highest BCUT2D eigenvalue weighted by Crippen LogP contribution is 2.26. The van der Waals surface area contributed by atoms with Crippen LogP contribution in [0.1, 0.15) is 22.8 Å². The number of aromatic nitrogens is 2. The molecule has 1 heterocycles. The Morgan fingerprint density at radius 2 is 1.71 bits per heavy atom. The minimum absolute atomic E-state index is 0.172. The van der Waals surface area contributed by atoms with Crippen LogP contribution in [-0.4, -0.2) is 29.7 Å². The zero-order chi connectivity index (χ0) is 21.8. The van der Waals surface area contributed by atoms with E-state index in [0.29, 0.717) is 17.3 Å². The first-order valence-electron chi connectivity index (χ1n) is 10.2. The van der Waals surface area contributed by atoms with Gasteiger partial charge < -0.3 is 14.6 Å². The molecule has 1 aromatic heterocycles. The number of hydrogen-bond acceptors (Lipinski definition) is 5. The highest BCUT2D eigenvalue weighted by molar-refractivity contribution is 6.04. The van der Waals surface area contributed by atoms with E-state index in [0.717, 1.165) is 34.6 Å². The predicted octanol–water partition coefficient (Wildman–Crippen LogP) is 5.42. The summed E-state index contributed by atoms with van der Waals surface area (Å²) < 4.78 is 5.85. The first kappa shape index (κ1) is 20.3. The Bertz CT molecular complexity index is 1200. The van der Waals surface area contributed by atoms with Gasteiger partial charge in [0, 0.05) is 41.7 Å². The molecule has 0 aliphatic heterocycles. The Hall–Kier alpha value is -3.93. The lowest BCUT2D eigenvalue weighted by molar-refractivity contribution is 0.102. The molecule has 6 heteroatoms. The lowest BCUT2D eigenvalue weighted by Crippen LogP contribution is -2.16. The molecule has 6 nitrogen and oxygen atoms in total. The standard InChI is InChI=1S/C25H24N4O2/c1-4-29(3)21-10-7-9-20(16-21)26-23(30)18-12-14-19(15-13-18)24-27-28-25(31-24)22-11-6-5-8-17(22)2/h5-16H,4H2,1-3H3,(H,26,30). The van der Waals surface area contributed by atoms with Crippen LogP contribution in [0.4, 0.5) is 11.4 Å². The molecular formula is C25H24N4O2. The molecule has 31 heavy (non-hydrogen) atoms. The third kappa shape index (κ3) is 4.48. The van der Waals surface area contributed by atoms with Gasteiger partial charge in [-0.05, 0) is 67.9 Å². The van der Waals surface area contributed by atoms with Crippen LogP contribution in [0.5, 0.6) is 0 Å². The van der Waals surface area contributed by atoms with Crippen LogP contribution in [0.15, 0.2) is 77.2 Å². The van der Waals surface area contributed by atoms with E-state index in [1.54, 1.807) is 12.1 Å². The molecule has 0 bridgehead atoms. The predicted molar refractivity (Wildman–Crippen MR) is 123 cm³/mol. The van der Waals surface area contributed by atoms with Gasteiger partial charge in [0.2, 0.25) is 11.8 Å². The van der Waals surface area contributed by atoms with Gasteiger partial charge in [0.05, 0.1) is 0 Å². The average molecular weight is 412 g/mol. The van der Waals surface area contributed by atoms with E-state index in [2.05, 4.69) is 27.3 Å². The van der Waals surface area contributed by atoms with E-state index < -0.39 is 0 Å². The molecule has 0 saturated carbocycles. The Balaban J connectivity index is 1.49. The molecule has 4 rings (SSSR count). The van der Waals surface area contributed by atoms with Gasteiger partial charge in [-0.2, -0.15) is 0 Å². The van der Waals surface area contributed by atoms with Crippen LogP contribution in [0.25, 0.3) is 22.9 Å². The molecule has 0 radical (unpaired) electrons. The number of rotatable bonds is 6. The minimum atomic E-state index is -0.172. The van der Waals surface area contributed by atoms with Crippen LogP contribution in [0.2, 0.25) is 0 Å². The largest absolute Gasteiger partial charge is 0.416 e. The van der Waals surface area contributed by atoms with Crippen LogP contribution >= 0.6 is 0 Å². The van der Waals surface area contributed by atoms with Crippen molar-refractivity contribution in [2.24, 2.45) is 0 Å². The summed E-state index contributed by atoms with van der Waals surface area (Å²) >= 11 is 0. The molecule has 156 valence electrons. The number of anilines is 2. The van der Waals surface area contributed by atoms with Gasteiger partial charge >= 0.3 is 0 Å². The van der Waals surface area contributed by atoms with Gasteiger partial charge in [0.25, 0.3) is 5.91 Å². The summed E-state index contributed by atoms with van der Waals surface area (Å²) in [6.07, 6.45) is 0. The number of aryl methyl sites for hydroxylation is 1. The SMILES string of the molecule is CCN(C)c1cccc(NC(=O)c2ccc(-c3nnc(-c4ccccc4C)o3)cc2)c1. The summed E-state index contributed by atoms with van der Waals surface area (Å²) in [5, 5.41) is 11.3. The van der Waals surface area contributed by atoms with Gasteiger partial charge in [0.1, 0.15) is 0 Å². The van der Waals surface area contributed by atoms with Crippen LogP contribution < -0.4 is 10.2 Å². The Morgan fingerprint density at radius 1 is 0.968 bits per heavy atom. The number of benzene rings is 3. The highest BCUT2D eigenvalue weighted by atomic mass is 16.4. The topological polar surface area (TPSA) is 71.3 Å². The van der Waals surface area contributed by atoms with Gasteiger partial charge in [-0.25, -0.2) is 0 Å². The van der Waals surface area contributed by atoms with E-state index in [9.17, 15) is 4.79 Å². The zero-order valence-corrected chi connectivity index (χ0v) is 17.8. The second kappa shape index (κ2) is 8.83. The van der Waals surface area contributed by atoms with Crippen molar-refractivity contribution >= 4 is 17.3 Å². The van der Waals surface area contributed by atoms with E-state index in [-0.39, 0.29) is 5.91 Å². The molecule has 0 fully saturated rings. The van der Waals surface area contributed by atoms with Gasteiger partial charge in [-0.1, -0.05) is 24.3 Å². The van der Waals surface area contributed by atoms with Crippen LogP contribution in [-0.2, 0) is 0 Å². The molecule has 0 aliphatic carbocycles. The molecule has 3 aromatic carbocycles. The summed E-state index contributed by atoms with van der Waals surface area (Å²) in [6, 6.07) is 22.8. The molecule has 0 atom stereocenters. The Labute approximate surface area is 181 Å². The van der Waals surface area contributed by atoms with Crippen molar-refractivity contribution in [1.82, 2.24) is 10.2 Å². The second-order valence-electron chi connectivity index (χ2n) is 7.32. The smallest absolute Gasteiger partial charge is 0.255 e. The summed E-state index contributed by atoms with van der Waals surface area (Å²) in [6.45, 7) is 4.98. The molecule has 0 aliphatic rings. The molecule has 1 amide bonds. The maximum absolute atomic E-state index is 12.7. The first-order valence-corrected chi connectivity index (χ1v) is 10.2. The fraction of sp³-hybridized carbons (Fsp3) is 0.160. The second-order valence-corrected chi connectivity index (χ2v) is 7.32. The van der Waals surface area contributed by atoms with Crippen molar-refractivity contribution in [3.63, 3.8) is 0 Å². The maximum Gasteiger partial charge on any atom is 0.255 e. The quantitative estimate of drug-likeness (QED) is 0.458. The third-order valence-corrected chi connectivity index (χ3v) is 5.21. The Morgan fingerprint density at radius 3 is 2.45 bits per heavy atom. The van der Waals surface area contributed by atoms with Crippen molar-refractivity contribution in [3.8, 4) is 22.9 Å². The van der Waals surface area contributed by atoms with Gasteiger partial charge in [-0.15, -0.1) is 10.2 Å². The molecule has 0 unspecified atom stereocenters. The summed E-state index contributed by atoms with van der Waals surface area (Å²) in [5.74, 6) is 0.723. The fourth-order valence-corrected chi connectivity index (χ4v) is 3.23. The molecule has 4 aromatic rings. The summed E-state index contributed by atoms with van der Waals surface area (Å²) in [7, 11) is 2.02. The number of carbonyl (C=O) groups excluding carboxylic acids is 1. The van der Waals surface area contributed by atoms with Crippen molar-refractivity contribution < 1.29 is 9.21 Å². The maximum atomic E-state index is 12.7. The van der Waals surface area contributed by atoms with E-state index in [4.69, 9.17) is 4.42 Å². The highest BCUT2D eigenvalue weighted by Gasteiger charge is 2.13. The van der Waals surface area contributed by atoms with Crippen molar-refractivity contribution in [2.45, 2.75) is 13.8 Å².